The molecule has 13 heavy (non-hydrogen) atoms. The molecule has 4 nitrogen and oxygen atoms in total. The molecular formula is C9H18O4. The van der Waals surface area contributed by atoms with Gasteiger partial charge in [-0.05, 0) is 0 Å². The third-order valence-corrected chi connectivity index (χ3v) is 2.42. The normalized spacial score (nSPS) is 22.2. The minimum Gasteiger partial charge on any atom is -0.396 e. The molecule has 0 bridgehead atoms. The highest BCUT2D eigenvalue weighted by Gasteiger charge is 2.31. The third kappa shape index (κ3) is 2.91. The zero-order valence-electron chi connectivity index (χ0n) is 8.19. The van der Waals surface area contributed by atoms with Crippen LogP contribution in [0.4, 0.5) is 0 Å². The van der Waals surface area contributed by atoms with E-state index in [0.29, 0.717) is 19.6 Å². The molecule has 1 rings (SSSR count). The summed E-state index contributed by atoms with van der Waals surface area (Å²) in [6, 6.07) is 0. The number of aliphatic hydroxyl groups is 2. The molecule has 0 spiro atoms. The number of ether oxygens (including phenoxy) is 2. The van der Waals surface area contributed by atoms with E-state index in [4.69, 9.17) is 14.6 Å². The lowest BCUT2D eigenvalue weighted by molar-refractivity contribution is -0.0974. The molecule has 4 heteroatoms. The van der Waals surface area contributed by atoms with E-state index in [0.717, 1.165) is 0 Å². The first-order valence-electron chi connectivity index (χ1n) is 4.58. The highest BCUT2D eigenvalue weighted by Crippen LogP contribution is 2.25. The molecule has 0 aromatic rings. The molecule has 78 valence electrons. The van der Waals surface area contributed by atoms with Crippen molar-refractivity contribution in [3.8, 4) is 0 Å². The zero-order valence-corrected chi connectivity index (χ0v) is 8.19. The molecule has 1 aliphatic rings. The van der Waals surface area contributed by atoms with Crippen LogP contribution in [0.5, 0.6) is 0 Å². The molecular weight excluding hydrogens is 172 g/mol. The highest BCUT2D eigenvalue weighted by atomic mass is 16.7. The second kappa shape index (κ2) is 4.37. The molecule has 1 atom stereocenters. The van der Waals surface area contributed by atoms with Crippen molar-refractivity contribution >= 4 is 0 Å². The standard InChI is InChI=1S/C9H18O4/c1-9(2,6-10)7(11)5-8-12-3-4-13-8/h7-8,10-11H,3-6H2,1-2H3/t7-/m0/s1. The fourth-order valence-electron chi connectivity index (χ4n) is 1.15. The molecule has 0 unspecified atom stereocenters. The Kier molecular flexibility index (Phi) is 3.67. The highest BCUT2D eigenvalue weighted by molar-refractivity contribution is 4.78. The van der Waals surface area contributed by atoms with E-state index in [2.05, 4.69) is 0 Å². The fraction of sp³-hybridized carbons (Fsp3) is 1.00. The smallest absolute Gasteiger partial charge is 0.160 e. The van der Waals surface area contributed by atoms with E-state index in [1.807, 2.05) is 13.8 Å². The van der Waals surface area contributed by atoms with Crippen molar-refractivity contribution in [2.24, 2.45) is 5.41 Å². The van der Waals surface area contributed by atoms with E-state index in [9.17, 15) is 5.11 Å². The molecule has 0 radical (unpaired) electrons. The number of aliphatic hydroxyl groups excluding tert-OH is 2. The number of hydrogen-bond donors (Lipinski definition) is 2. The van der Waals surface area contributed by atoms with Gasteiger partial charge in [0.05, 0.1) is 25.9 Å². The quantitative estimate of drug-likeness (QED) is 0.661. The van der Waals surface area contributed by atoms with E-state index in [1.54, 1.807) is 0 Å². The number of rotatable bonds is 4. The van der Waals surface area contributed by atoms with Crippen molar-refractivity contribution in [3.05, 3.63) is 0 Å². The molecule has 2 N–H and O–H groups in total. The van der Waals surface area contributed by atoms with Crippen LogP contribution in [0.25, 0.3) is 0 Å². The average Bonchev–Trinajstić information content (AvgIpc) is 2.57. The van der Waals surface area contributed by atoms with Crippen molar-refractivity contribution < 1.29 is 19.7 Å². The van der Waals surface area contributed by atoms with E-state index in [-0.39, 0.29) is 12.9 Å². The Morgan fingerprint density at radius 1 is 1.38 bits per heavy atom. The molecule has 0 aliphatic carbocycles. The minimum absolute atomic E-state index is 0.0408. The average molecular weight is 190 g/mol. The van der Waals surface area contributed by atoms with Crippen LogP contribution in [0.1, 0.15) is 20.3 Å². The summed E-state index contributed by atoms with van der Waals surface area (Å²) in [5.41, 5.74) is -0.491. The summed E-state index contributed by atoms with van der Waals surface area (Å²) in [5, 5.41) is 18.7. The topological polar surface area (TPSA) is 58.9 Å². The van der Waals surface area contributed by atoms with Crippen LogP contribution in [-0.4, -0.2) is 42.4 Å². The van der Waals surface area contributed by atoms with Crippen LogP contribution >= 0.6 is 0 Å². The Hall–Kier alpha value is -0.160. The maximum atomic E-state index is 9.72. The lowest BCUT2D eigenvalue weighted by Crippen LogP contribution is -2.35. The predicted molar refractivity (Wildman–Crippen MR) is 47.2 cm³/mol. The maximum absolute atomic E-state index is 9.72. The summed E-state index contributed by atoms with van der Waals surface area (Å²) in [4.78, 5) is 0. The van der Waals surface area contributed by atoms with Crippen molar-refractivity contribution in [1.82, 2.24) is 0 Å². The van der Waals surface area contributed by atoms with Crippen molar-refractivity contribution in [1.29, 1.82) is 0 Å². The van der Waals surface area contributed by atoms with Gasteiger partial charge >= 0.3 is 0 Å². The van der Waals surface area contributed by atoms with Crippen molar-refractivity contribution in [2.45, 2.75) is 32.7 Å². The van der Waals surface area contributed by atoms with Gasteiger partial charge in [-0.1, -0.05) is 13.8 Å². The Balaban J connectivity index is 2.34. The van der Waals surface area contributed by atoms with E-state index < -0.39 is 11.5 Å². The molecule has 1 saturated heterocycles. The first-order valence-corrected chi connectivity index (χ1v) is 4.58. The largest absolute Gasteiger partial charge is 0.396 e. The molecule has 1 aliphatic heterocycles. The molecule has 0 aromatic heterocycles. The summed E-state index contributed by atoms with van der Waals surface area (Å²) in [5.74, 6) is 0. The van der Waals surface area contributed by atoms with Crippen LogP contribution in [0.15, 0.2) is 0 Å². The van der Waals surface area contributed by atoms with Crippen molar-refractivity contribution in [3.63, 3.8) is 0 Å². The first-order chi connectivity index (χ1) is 6.06. The lowest BCUT2D eigenvalue weighted by atomic mass is 9.86. The summed E-state index contributed by atoms with van der Waals surface area (Å²) in [6.45, 7) is 4.77. The Morgan fingerprint density at radius 2 is 1.92 bits per heavy atom. The summed E-state index contributed by atoms with van der Waals surface area (Å²) < 4.78 is 10.4. The molecule has 0 saturated carbocycles. The van der Waals surface area contributed by atoms with E-state index in [1.165, 1.54) is 0 Å². The van der Waals surface area contributed by atoms with Gasteiger partial charge in [-0.15, -0.1) is 0 Å². The van der Waals surface area contributed by atoms with Crippen LogP contribution in [0, 0.1) is 5.41 Å². The van der Waals surface area contributed by atoms with Gasteiger partial charge < -0.3 is 19.7 Å². The van der Waals surface area contributed by atoms with Crippen LogP contribution < -0.4 is 0 Å². The first kappa shape index (κ1) is 10.9. The summed E-state index contributed by atoms with van der Waals surface area (Å²) >= 11 is 0. The molecule has 1 fully saturated rings. The lowest BCUT2D eigenvalue weighted by Gasteiger charge is -2.29. The van der Waals surface area contributed by atoms with Gasteiger partial charge in [-0.2, -0.15) is 0 Å². The molecule has 1 heterocycles. The summed E-state index contributed by atoms with van der Waals surface area (Å²) in [6.07, 6.45) is -0.477. The number of hydrogen-bond acceptors (Lipinski definition) is 4. The molecule has 0 aromatic carbocycles. The minimum atomic E-state index is -0.597. The second-order valence-electron chi connectivity index (χ2n) is 4.07. The zero-order chi connectivity index (χ0) is 9.90. The third-order valence-electron chi connectivity index (χ3n) is 2.42. The Labute approximate surface area is 78.5 Å². The van der Waals surface area contributed by atoms with Crippen molar-refractivity contribution in [2.75, 3.05) is 19.8 Å². The van der Waals surface area contributed by atoms with Crippen LogP contribution in [0.2, 0.25) is 0 Å². The van der Waals surface area contributed by atoms with E-state index >= 15 is 0 Å². The van der Waals surface area contributed by atoms with Gasteiger partial charge in [0, 0.05) is 11.8 Å². The van der Waals surface area contributed by atoms with Gasteiger partial charge in [-0.25, -0.2) is 0 Å². The Bertz CT molecular complexity index is 152. The van der Waals surface area contributed by atoms with Gasteiger partial charge in [-0.3, -0.25) is 0 Å². The van der Waals surface area contributed by atoms with Gasteiger partial charge in [0.25, 0.3) is 0 Å². The second-order valence-corrected chi connectivity index (χ2v) is 4.07. The van der Waals surface area contributed by atoms with Crippen LogP contribution in [0.3, 0.4) is 0 Å². The Morgan fingerprint density at radius 3 is 2.38 bits per heavy atom. The predicted octanol–water partition coefficient (Wildman–Crippen LogP) is 0.129. The monoisotopic (exact) mass is 190 g/mol. The summed E-state index contributed by atoms with van der Waals surface area (Å²) in [7, 11) is 0. The molecule has 0 amide bonds. The van der Waals surface area contributed by atoms with Gasteiger partial charge in [0.2, 0.25) is 0 Å². The van der Waals surface area contributed by atoms with Gasteiger partial charge in [0.15, 0.2) is 6.29 Å². The maximum Gasteiger partial charge on any atom is 0.160 e. The van der Waals surface area contributed by atoms with Gasteiger partial charge in [0.1, 0.15) is 0 Å². The SMILES string of the molecule is CC(C)(CO)[C@@H](O)CC1OCCO1. The fourth-order valence-corrected chi connectivity index (χ4v) is 1.15. The van der Waals surface area contributed by atoms with Crippen LogP contribution in [-0.2, 0) is 9.47 Å².